The molecule has 0 fully saturated rings. The number of nitrogens with two attached hydrogens (primary N) is 1. The Morgan fingerprint density at radius 2 is 1.85 bits per heavy atom. The zero-order valence-corrected chi connectivity index (χ0v) is 10.6. The Labute approximate surface area is 112 Å². The molecule has 0 spiro atoms. The lowest BCUT2D eigenvalue weighted by atomic mass is 10.2. The first-order valence-electron chi connectivity index (χ1n) is 5.18. The molecule has 0 unspecified atom stereocenters. The Morgan fingerprint density at radius 3 is 2.50 bits per heavy atom. The van der Waals surface area contributed by atoms with Gasteiger partial charge in [-0.05, 0) is 18.2 Å². The molecular weight excluding hydrogens is 295 g/mol. The van der Waals surface area contributed by atoms with Crippen LogP contribution in [0.3, 0.4) is 0 Å². The molecule has 1 aromatic heterocycles. The Balaban J connectivity index is 2.47. The van der Waals surface area contributed by atoms with Crippen molar-refractivity contribution in [3.8, 4) is 0 Å². The van der Waals surface area contributed by atoms with E-state index in [-0.39, 0.29) is 5.69 Å². The average Bonchev–Trinajstić information content (AvgIpc) is 2.39. The first-order chi connectivity index (χ1) is 9.31. The molecule has 0 aliphatic rings. The van der Waals surface area contributed by atoms with Crippen molar-refractivity contribution < 1.29 is 21.6 Å². The van der Waals surface area contributed by atoms with Crippen molar-refractivity contribution in [2.75, 3.05) is 10.5 Å². The summed E-state index contributed by atoms with van der Waals surface area (Å²) in [6, 6.07) is 2.44. The number of hydrogen-bond donors (Lipinski definition) is 2. The van der Waals surface area contributed by atoms with E-state index in [9.17, 15) is 21.6 Å². The van der Waals surface area contributed by atoms with E-state index in [2.05, 4.69) is 4.98 Å². The highest BCUT2D eigenvalue weighted by Gasteiger charge is 2.21. The molecule has 1 aromatic carbocycles. The quantitative estimate of drug-likeness (QED) is 0.848. The molecule has 0 saturated heterocycles. The summed E-state index contributed by atoms with van der Waals surface area (Å²) in [4.78, 5) is 2.82. The van der Waals surface area contributed by atoms with Gasteiger partial charge in [-0.25, -0.2) is 21.6 Å². The molecule has 0 atom stereocenters. The SMILES string of the molecule is Nc1ccc(F)c(F)c1NS(=O)(=O)c1cncc(F)c1. The fourth-order valence-corrected chi connectivity index (χ4v) is 2.46. The minimum atomic E-state index is -4.34. The van der Waals surface area contributed by atoms with Crippen molar-refractivity contribution in [2.24, 2.45) is 0 Å². The number of sulfonamides is 1. The fourth-order valence-electron chi connectivity index (χ4n) is 1.40. The van der Waals surface area contributed by atoms with E-state index in [0.717, 1.165) is 24.5 Å². The van der Waals surface area contributed by atoms with Gasteiger partial charge in [0.2, 0.25) is 0 Å². The van der Waals surface area contributed by atoms with E-state index in [1.807, 2.05) is 0 Å². The largest absolute Gasteiger partial charge is 0.397 e. The zero-order valence-electron chi connectivity index (χ0n) is 9.77. The van der Waals surface area contributed by atoms with E-state index in [0.29, 0.717) is 6.07 Å². The summed E-state index contributed by atoms with van der Waals surface area (Å²) in [6.45, 7) is 0. The number of hydrogen-bond acceptors (Lipinski definition) is 4. The van der Waals surface area contributed by atoms with E-state index >= 15 is 0 Å². The second-order valence-corrected chi connectivity index (χ2v) is 5.45. The first-order valence-corrected chi connectivity index (χ1v) is 6.66. The summed E-state index contributed by atoms with van der Waals surface area (Å²) in [5.41, 5.74) is 4.33. The van der Waals surface area contributed by atoms with Crippen LogP contribution in [0.25, 0.3) is 0 Å². The van der Waals surface area contributed by atoms with E-state index in [4.69, 9.17) is 5.73 Å². The van der Waals surface area contributed by atoms with Crippen molar-refractivity contribution in [1.82, 2.24) is 4.98 Å². The average molecular weight is 303 g/mol. The van der Waals surface area contributed by atoms with Gasteiger partial charge >= 0.3 is 0 Å². The molecule has 3 N–H and O–H groups in total. The van der Waals surface area contributed by atoms with Gasteiger partial charge < -0.3 is 5.73 Å². The molecule has 0 bridgehead atoms. The Bertz CT molecular complexity index is 766. The maximum Gasteiger partial charge on any atom is 0.263 e. The number of nitrogens with one attached hydrogen (secondary N) is 1. The van der Waals surface area contributed by atoms with Crippen LogP contribution in [-0.4, -0.2) is 13.4 Å². The van der Waals surface area contributed by atoms with Crippen LogP contribution < -0.4 is 10.5 Å². The minimum absolute atomic E-state index is 0.308. The Kier molecular flexibility index (Phi) is 3.53. The molecular formula is C11H8F3N3O2S. The molecule has 2 rings (SSSR count). The van der Waals surface area contributed by atoms with Crippen molar-refractivity contribution >= 4 is 21.4 Å². The number of nitrogen functional groups attached to an aromatic ring is 1. The second-order valence-electron chi connectivity index (χ2n) is 3.77. The van der Waals surface area contributed by atoms with Gasteiger partial charge in [0.25, 0.3) is 10.0 Å². The molecule has 106 valence electrons. The first kappa shape index (κ1) is 14.1. The molecule has 2 aromatic rings. The highest BCUT2D eigenvalue weighted by molar-refractivity contribution is 7.92. The topological polar surface area (TPSA) is 85.1 Å². The summed E-state index contributed by atoms with van der Waals surface area (Å²) in [6.07, 6.45) is 1.66. The number of nitrogens with zero attached hydrogens (tertiary/aromatic N) is 1. The predicted molar refractivity (Wildman–Crippen MR) is 65.8 cm³/mol. The van der Waals surface area contributed by atoms with Crippen molar-refractivity contribution in [3.63, 3.8) is 0 Å². The Morgan fingerprint density at radius 1 is 1.15 bits per heavy atom. The van der Waals surface area contributed by atoms with Gasteiger partial charge in [-0.1, -0.05) is 0 Å². The van der Waals surface area contributed by atoms with Crippen LogP contribution in [0.2, 0.25) is 0 Å². The number of benzene rings is 1. The third-order valence-electron chi connectivity index (χ3n) is 2.35. The summed E-state index contributed by atoms with van der Waals surface area (Å²) in [5, 5.41) is 0. The van der Waals surface area contributed by atoms with Gasteiger partial charge in [0.1, 0.15) is 16.4 Å². The number of pyridine rings is 1. The van der Waals surface area contributed by atoms with E-state index < -0.39 is 38.1 Å². The molecule has 0 saturated carbocycles. The number of rotatable bonds is 3. The summed E-state index contributed by atoms with van der Waals surface area (Å²) >= 11 is 0. The van der Waals surface area contributed by atoms with Crippen LogP contribution in [-0.2, 0) is 10.0 Å². The van der Waals surface area contributed by atoms with Crippen LogP contribution in [0.4, 0.5) is 24.5 Å². The van der Waals surface area contributed by atoms with Crippen LogP contribution >= 0.6 is 0 Å². The number of anilines is 2. The summed E-state index contributed by atoms with van der Waals surface area (Å²) in [5.74, 6) is -3.60. The van der Waals surface area contributed by atoms with Gasteiger partial charge in [0.15, 0.2) is 11.6 Å². The smallest absolute Gasteiger partial charge is 0.263 e. The van der Waals surface area contributed by atoms with Crippen LogP contribution in [0.15, 0.2) is 35.5 Å². The molecule has 0 amide bonds. The van der Waals surface area contributed by atoms with E-state index in [1.165, 1.54) is 0 Å². The van der Waals surface area contributed by atoms with Crippen molar-refractivity contribution in [1.29, 1.82) is 0 Å². The predicted octanol–water partition coefficient (Wildman–Crippen LogP) is 1.88. The monoisotopic (exact) mass is 303 g/mol. The highest BCUT2D eigenvalue weighted by atomic mass is 32.2. The lowest BCUT2D eigenvalue weighted by Gasteiger charge is -2.11. The fraction of sp³-hybridized carbons (Fsp3) is 0. The molecule has 9 heteroatoms. The Hall–Kier alpha value is -2.29. The second kappa shape index (κ2) is 5.00. The maximum atomic E-state index is 13.5. The molecule has 0 aliphatic heterocycles. The number of aromatic nitrogens is 1. The number of halogens is 3. The van der Waals surface area contributed by atoms with Gasteiger partial charge in [-0.3, -0.25) is 9.71 Å². The minimum Gasteiger partial charge on any atom is -0.397 e. The summed E-state index contributed by atoms with van der Waals surface area (Å²) in [7, 11) is -4.34. The standard InChI is InChI=1S/C11H8F3N3O2S/c12-6-3-7(5-16-4-6)20(18,19)17-11-9(15)2-1-8(13)10(11)14/h1-5,17H,15H2. The van der Waals surface area contributed by atoms with Gasteiger partial charge in [-0.2, -0.15) is 0 Å². The van der Waals surface area contributed by atoms with Crippen LogP contribution in [0.5, 0.6) is 0 Å². The molecule has 0 radical (unpaired) electrons. The zero-order chi connectivity index (χ0) is 14.9. The third-order valence-corrected chi connectivity index (χ3v) is 3.67. The molecule has 20 heavy (non-hydrogen) atoms. The molecule has 0 aliphatic carbocycles. The van der Waals surface area contributed by atoms with E-state index in [1.54, 1.807) is 4.72 Å². The highest BCUT2D eigenvalue weighted by Crippen LogP contribution is 2.27. The van der Waals surface area contributed by atoms with Gasteiger partial charge in [0.05, 0.1) is 11.9 Å². The van der Waals surface area contributed by atoms with Crippen molar-refractivity contribution in [2.45, 2.75) is 4.90 Å². The lowest BCUT2D eigenvalue weighted by Crippen LogP contribution is -2.16. The third kappa shape index (κ3) is 2.67. The normalized spacial score (nSPS) is 11.3. The molecule has 5 nitrogen and oxygen atoms in total. The van der Waals surface area contributed by atoms with Crippen LogP contribution in [0.1, 0.15) is 0 Å². The summed E-state index contributed by atoms with van der Waals surface area (Å²) < 4.78 is 65.1. The van der Waals surface area contributed by atoms with Gasteiger partial charge in [-0.15, -0.1) is 0 Å². The van der Waals surface area contributed by atoms with Crippen molar-refractivity contribution in [3.05, 3.63) is 48.0 Å². The van der Waals surface area contributed by atoms with Crippen LogP contribution in [0, 0.1) is 17.5 Å². The lowest BCUT2D eigenvalue weighted by molar-refractivity contribution is 0.512. The molecule has 1 heterocycles. The maximum absolute atomic E-state index is 13.5. The van der Waals surface area contributed by atoms with Gasteiger partial charge in [0, 0.05) is 6.20 Å².